The van der Waals surface area contributed by atoms with Crippen LogP contribution in [0.25, 0.3) is 0 Å². The summed E-state index contributed by atoms with van der Waals surface area (Å²) >= 11 is 1.65. The molecule has 90 valence electrons. The number of aromatic nitrogens is 1. The van der Waals surface area contributed by atoms with Crippen molar-refractivity contribution in [2.24, 2.45) is 10.7 Å². The van der Waals surface area contributed by atoms with Gasteiger partial charge in [0.25, 0.3) is 0 Å². The maximum atomic E-state index is 5.82. The Balaban J connectivity index is 2.69. The molecule has 1 heterocycles. The van der Waals surface area contributed by atoms with Crippen LogP contribution in [-0.4, -0.2) is 16.5 Å². The number of nitrogens with one attached hydrogen (secondary N) is 1. The summed E-state index contributed by atoms with van der Waals surface area (Å²) in [6, 6.07) is 0.00792. The average molecular weight is 240 g/mol. The SMILES string of the molecule is Cc1cnc(C(C)N=C(N)NC(C)(C)C)s1. The summed E-state index contributed by atoms with van der Waals surface area (Å²) in [6.07, 6.45) is 1.86. The number of aliphatic imine (C=N–C) groups is 1. The largest absolute Gasteiger partial charge is 0.370 e. The monoisotopic (exact) mass is 240 g/mol. The van der Waals surface area contributed by atoms with Gasteiger partial charge in [0.05, 0.1) is 0 Å². The number of hydrogen-bond acceptors (Lipinski definition) is 3. The van der Waals surface area contributed by atoms with Crippen molar-refractivity contribution in [3.63, 3.8) is 0 Å². The third-order valence-corrected chi connectivity index (χ3v) is 2.92. The van der Waals surface area contributed by atoms with Crippen LogP contribution in [-0.2, 0) is 0 Å². The molecule has 0 aromatic carbocycles. The number of nitrogens with zero attached hydrogens (tertiary/aromatic N) is 2. The summed E-state index contributed by atoms with van der Waals surface area (Å²) in [5.74, 6) is 0.466. The van der Waals surface area contributed by atoms with Crippen LogP contribution < -0.4 is 11.1 Å². The smallest absolute Gasteiger partial charge is 0.189 e. The molecule has 1 aromatic rings. The highest BCUT2D eigenvalue weighted by atomic mass is 32.1. The first-order valence-electron chi connectivity index (χ1n) is 5.32. The predicted molar refractivity (Wildman–Crippen MR) is 69.8 cm³/mol. The van der Waals surface area contributed by atoms with E-state index in [2.05, 4.69) is 15.3 Å². The lowest BCUT2D eigenvalue weighted by Crippen LogP contribution is -2.45. The molecule has 0 aliphatic rings. The van der Waals surface area contributed by atoms with E-state index in [0.717, 1.165) is 5.01 Å². The maximum Gasteiger partial charge on any atom is 0.189 e. The van der Waals surface area contributed by atoms with Gasteiger partial charge in [-0.25, -0.2) is 9.98 Å². The fourth-order valence-electron chi connectivity index (χ4n) is 1.25. The first-order valence-corrected chi connectivity index (χ1v) is 6.13. The predicted octanol–water partition coefficient (Wildman–Crippen LogP) is 2.22. The van der Waals surface area contributed by atoms with Crippen LogP contribution in [0.1, 0.15) is 43.6 Å². The molecule has 0 saturated carbocycles. The van der Waals surface area contributed by atoms with Crippen LogP contribution in [0.4, 0.5) is 0 Å². The Hall–Kier alpha value is -1.10. The normalized spacial score (nSPS) is 14.9. The molecular weight excluding hydrogens is 220 g/mol. The highest BCUT2D eigenvalue weighted by Crippen LogP contribution is 2.21. The van der Waals surface area contributed by atoms with Gasteiger partial charge in [0.2, 0.25) is 0 Å². The van der Waals surface area contributed by atoms with Crippen molar-refractivity contribution in [2.45, 2.75) is 46.2 Å². The zero-order valence-corrected chi connectivity index (χ0v) is 11.4. The summed E-state index contributed by atoms with van der Waals surface area (Å²) in [5, 5.41) is 4.13. The molecule has 0 amide bonds. The maximum absolute atomic E-state index is 5.82. The number of nitrogens with two attached hydrogens (primary N) is 1. The molecule has 1 unspecified atom stereocenters. The van der Waals surface area contributed by atoms with E-state index in [9.17, 15) is 0 Å². The minimum absolute atomic E-state index is 0.00792. The van der Waals surface area contributed by atoms with Crippen molar-refractivity contribution in [1.29, 1.82) is 0 Å². The number of rotatable bonds is 2. The van der Waals surface area contributed by atoms with Crippen molar-refractivity contribution >= 4 is 17.3 Å². The summed E-state index contributed by atoms with van der Waals surface area (Å²) in [6.45, 7) is 10.2. The first kappa shape index (κ1) is 13.0. The molecule has 0 fully saturated rings. The van der Waals surface area contributed by atoms with Crippen LogP contribution in [0, 0.1) is 6.92 Å². The Labute approximate surface area is 101 Å². The van der Waals surface area contributed by atoms with Gasteiger partial charge in [-0.3, -0.25) is 0 Å². The Kier molecular flexibility index (Phi) is 3.91. The van der Waals surface area contributed by atoms with Crippen molar-refractivity contribution in [1.82, 2.24) is 10.3 Å². The molecule has 0 aliphatic carbocycles. The summed E-state index contributed by atoms with van der Waals surface area (Å²) in [7, 11) is 0. The zero-order chi connectivity index (χ0) is 12.3. The third kappa shape index (κ3) is 4.18. The van der Waals surface area contributed by atoms with Crippen LogP contribution in [0.2, 0.25) is 0 Å². The lowest BCUT2D eigenvalue weighted by molar-refractivity contribution is 0.507. The molecule has 0 saturated heterocycles. The summed E-state index contributed by atoms with van der Waals surface area (Å²) in [4.78, 5) is 9.86. The molecule has 0 radical (unpaired) electrons. The number of hydrogen-bond donors (Lipinski definition) is 2. The van der Waals surface area contributed by atoms with E-state index in [1.54, 1.807) is 11.3 Å². The minimum atomic E-state index is -0.0634. The van der Waals surface area contributed by atoms with Gasteiger partial charge in [-0.1, -0.05) is 0 Å². The fraction of sp³-hybridized carbons (Fsp3) is 0.636. The van der Waals surface area contributed by atoms with Gasteiger partial charge in [-0.15, -0.1) is 11.3 Å². The standard InChI is InChI=1S/C11H20N4S/c1-7-6-13-9(16-7)8(2)14-10(12)15-11(3,4)5/h6,8H,1-5H3,(H3,12,14,15). The molecule has 1 aromatic heterocycles. The molecule has 0 aliphatic heterocycles. The van der Waals surface area contributed by atoms with Crippen molar-refractivity contribution < 1.29 is 0 Å². The van der Waals surface area contributed by atoms with E-state index in [-0.39, 0.29) is 11.6 Å². The topological polar surface area (TPSA) is 63.3 Å². The van der Waals surface area contributed by atoms with E-state index in [4.69, 9.17) is 5.73 Å². The second kappa shape index (κ2) is 4.82. The van der Waals surface area contributed by atoms with E-state index in [1.807, 2.05) is 40.8 Å². The van der Waals surface area contributed by atoms with Crippen LogP contribution in [0.3, 0.4) is 0 Å². The second-order valence-corrected chi connectivity index (χ2v) is 6.14. The fourth-order valence-corrected chi connectivity index (χ4v) is 2.01. The zero-order valence-electron chi connectivity index (χ0n) is 10.5. The number of aryl methyl sites for hydroxylation is 1. The average Bonchev–Trinajstić information content (AvgIpc) is 2.47. The third-order valence-electron chi connectivity index (χ3n) is 1.83. The molecule has 4 nitrogen and oxygen atoms in total. The second-order valence-electron chi connectivity index (χ2n) is 4.87. The summed E-state index contributed by atoms with van der Waals surface area (Å²) in [5.41, 5.74) is 5.76. The van der Waals surface area contributed by atoms with Gasteiger partial charge in [0, 0.05) is 16.6 Å². The van der Waals surface area contributed by atoms with Gasteiger partial charge in [0.15, 0.2) is 5.96 Å². The number of thiazole rings is 1. The molecule has 0 bridgehead atoms. The van der Waals surface area contributed by atoms with Gasteiger partial charge in [-0.05, 0) is 34.6 Å². The van der Waals surface area contributed by atoms with E-state index in [0.29, 0.717) is 5.96 Å². The Morgan fingerprint density at radius 3 is 2.62 bits per heavy atom. The highest BCUT2D eigenvalue weighted by Gasteiger charge is 2.12. The Bertz CT molecular complexity index is 376. The van der Waals surface area contributed by atoms with Gasteiger partial charge < -0.3 is 11.1 Å². The van der Waals surface area contributed by atoms with Crippen LogP contribution >= 0.6 is 11.3 Å². The Morgan fingerprint density at radius 1 is 1.56 bits per heavy atom. The van der Waals surface area contributed by atoms with Crippen molar-refractivity contribution in [2.75, 3.05) is 0 Å². The molecule has 3 N–H and O–H groups in total. The highest BCUT2D eigenvalue weighted by molar-refractivity contribution is 7.11. The summed E-state index contributed by atoms with van der Waals surface area (Å²) < 4.78 is 0. The van der Waals surface area contributed by atoms with Gasteiger partial charge in [0.1, 0.15) is 11.0 Å². The van der Waals surface area contributed by atoms with Crippen molar-refractivity contribution in [3.8, 4) is 0 Å². The van der Waals surface area contributed by atoms with E-state index in [1.165, 1.54) is 4.88 Å². The number of guanidine groups is 1. The molecule has 0 spiro atoms. The molecular formula is C11H20N4S. The van der Waals surface area contributed by atoms with E-state index >= 15 is 0 Å². The van der Waals surface area contributed by atoms with Crippen LogP contribution in [0.5, 0.6) is 0 Å². The molecule has 1 rings (SSSR count). The Morgan fingerprint density at radius 2 is 2.19 bits per heavy atom. The van der Waals surface area contributed by atoms with Gasteiger partial charge >= 0.3 is 0 Å². The van der Waals surface area contributed by atoms with E-state index < -0.39 is 0 Å². The van der Waals surface area contributed by atoms with Crippen molar-refractivity contribution in [3.05, 3.63) is 16.1 Å². The quantitative estimate of drug-likeness (QED) is 0.615. The minimum Gasteiger partial charge on any atom is -0.370 e. The lowest BCUT2D eigenvalue weighted by Gasteiger charge is -2.21. The lowest BCUT2D eigenvalue weighted by atomic mass is 10.1. The molecule has 16 heavy (non-hydrogen) atoms. The molecule has 1 atom stereocenters. The molecule has 5 heteroatoms. The van der Waals surface area contributed by atoms with Crippen LogP contribution in [0.15, 0.2) is 11.2 Å². The van der Waals surface area contributed by atoms with Gasteiger partial charge in [-0.2, -0.15) is 0 Å². The first-order chi connectivity index (χ1) is 7.28.